The zero-order chi connectivity index (χ0) is 13.7. The molecule has 1 saturated heterocycles. The molecule has 1 aromatic rings. The number of hydrogen-bond donors (Lipinski definition) is 1. The molecule has 0 aromatic heterocycles. The number of nitrogens with two attached hydrogens (primary N) is 1. The summed E-state index contributed by atoms with van der Waals surface area (Å²) in [5.74, 6) is 0.157. The van der Waals surface area contributed by atoms with E-state index in [2.05, 4.69) is 4.74 Å². The first-order valence-electron chi connectivity index (χ1n) is 6.57. The number of alkyl halides is 2. The zero-order valence-corrected chi connectivity index (χ0v) is 10.7. The normalized spacial score (nSPS) is 20.7. The van der Waals surface area contributed by atoms with Gasteiger partial charge in [-0.15, -0.1) is 0 Å². The first kappa shape index (κ1) is 14.2. The molecule has 1 aliphatic heterocycles. The van der Waals surface area contributed by atoms with E-state index in [1.807, 2.05) is 0 Å². The van der Waals surface area contributed by atoms with Gasteiger partial charge >= 0.3 is 6.61 Å². The summed E-state index contributed by atoms with van der Waals surface area (Å²) in [5.41, 5.74) is 7.01. The Morgan fingerprint density at radius 1 is 1.32 bits per heavy atom. The van der Waals surface area contributed by atoms with Crippen LogP contribution in [0.4, 0.5) is 8.78 Å². The quantitative estimate of drug-likeness (QED) is 0.863. The molecular weight excluding hydrogens is 252 g/mol. The molecule has 3 nitrogen and oxygen atoms in total. The minimum atomic E-state index is -2.79. The van der Waals surface area contributed by atoms with Crippen LogP contribution in [0.3, 0.4) is 0 Å². The van der Waals surface area contributed by atoms with Gasteiger partial charge in [0.2, 0.25) is 0 Å². The van der Waals surface area contributed by atoms with Crippen molar-refractivity contribution in [3.8, 4) is 5.75 Å². The maximum atomic E-state index is 12.0. The highest BCUT2D eigenvalue weighted by Crippen LogP contribution is 2.24. The second-order valence-electron chi connectivity index (χ2n) is 4.77. The molecule has 2 N–H and O–H groups in total. The Morgan fingerprint density at radius 3 is 2.63 bits per heavy atom. The Bertz CT molecular complexity index is 378. The average molecular weight is 271 g/mol. The summed E-state index contributed by atoms with van der Waals surface area (Å²) in [6, 6.07) is 6.42. The van der Waals surface area contributed by atoms with E-state index in [-0.39, 0.29) is 11.8 Å². The molecule has 0 bridgehead atoms. The van der Waals surface area contributed by atoms with Gasteiger partial charge in [-0.05, 0) is 43.4 Å². The van der Waals surface area contributed by atoms with E-state index in [4.69, 9.17) is 10.5 Å². The molecule has 1 fully saturated rings. The predicted molar refractivity (Wildman–Crippen MR) is 68.2 cm³/mol. The molecule has 0 aliphatic carbocycles. The molecule has 19 heavy (non-hydrogen) atoms. The van der Waals surface area contributed by atoms with Crippen LogP contribution >= 0.6 is 0 Å². The summed E-state index contributed by atoms with van der Waals surface area (Å²) in [6.07, 6.45) is 4.33. The summed E-state index contributed by atoms with van der Waals surface area (Å²) < 4.78 is 33.9. The van der Waals surface area contributed by atoms with Gasteiger partial charge in [-0.25, -0.2) is 0 Å². The fourth-order valence-corrected chi connectivity index (χ4v) is 2.30. The van der Waals surface area contributed by atoms with Gasteiger partial charge < -0.3 is 15.2 Å². The van der Waals surface area contributed by atoms with Crippen LogP contribution in [0.25, 0.3) is 0 Å². The lowest BCUT2D eigenvalue weighted by Crippen LogP contribution is -2.14. The summed E-state index contributed by atoms with van der Waals surface area (Å²) in [6.45, 7) is -1.95. The molecule has 0 radical (unpaired) electrons. The second-order valence-corrected chi connectivity index (χ2v) is 4.77. The summed E-state index contributed by atoms with van der Waals surface area (Å²) in [5, 5.41) is 0. The van der Waals surface area contributed by atoms with E-state index in [9.17, 15) is 8.78 Å². The van der Waals surface area contributed by atoms with E-state index in [1.165, 1.54) is 12.1 Å². The van der Waals surface area contributed by atoms with Crippen molar-refractivity contribution in [2.45, 2.75) is 44.4 Å². The SMILES string of the molecule is NC(CCC1CCCO1)c1ccc(OC(F)F)cc1. The molecule has 1 heterocycles. The average Bonchev–Trinajstić information content (AvgIpc) is 2.89. The van der Waals surface area contributed by atoms with Crippen LogP contribution in [0.15, 0.2) is 24.3 Å². The van der Waals surface area contributed by atoms with Gasteiger partial charge in [0.1, 0.15) is 5.75 Å². The minimum absolute atomic E-state index is 0.0928. The summed E-state index contributed by atoms with van der Waals surface area (Å²) in [4.78, 5) is 0. The predicted octanol–water partition coefficient (Wildman–Crippen LogP) is 3.25. The van der Waals surface area contributed by atoms with Gasteiger partial charge in [0.15, 0.2) is 0 Å². The Labute approximate surface area is 111 Å². The van der Waals surface area contributed by atoms with Crippen molar-refractivity contribution in [3.05, 3.63) is 29.8 Å². The van der Waals surface area contributed by atoms with Crippen LogP contribution in [0.5, 0.6) is 5.75 Å². The molecule has 0 saturated carbocycles. The molecule has 0 amide bonds. The Morgan fingerprint density at radius 2 is 2.05 bits per heavy atom. The lowest BCUT2D eigenvalue weighted by Gasteiger charge is -2.15. The Balaban J connectivity index is 1.82. The Hall–Kier alpha value is -1.20. The molecule has 0 spiro atoms. The van der Waals surface area contributed by atoms with Crippen molar-refractivity contribution in [2.24, 2.45) is 5.73 Å². The van der Waals surface area contributed by atoms with Gasteiger partial charge in [-0.3, -0.25) is 0 Å². The number of halogens is 2. The first-order chi connectivity index (χ1) is 9.15. The Kier molecular flexibility index (Phi) is 5.10. The molecular formula is C14H19F2NO2. The topological polar surface area (TPSA) is 44.5 Å². The molecule has 1 aromatic carbocycles. The minimum Gasteiger partial charge on any atom is -0.435 e. The molecule has 1 aliphatic rings. The zero-order valence-electron chi connectivity index (χ0n) is 10.7. The van der Waals surface area contributed by atoms with Crippen molar-refractivity contribution < 1.29 is 18.3 Å². The standard InChI is InChI=1S/C14H19F2NO2/c15-14(16)19-12-5-3-10(4-6-12)13(17)8-7-11-2-1-9-18-11/h3-6,11,13-14H,1-2,7-9,17H2. The van der Waals surface area contributed by atoms with Crippen LogP contribution in [0.1, 0.15) is 37.3 Å². The smallest absolute Gasteiger partial charge is 0.387 e. The van der Waals surface area contributed by atoms with Crippen molar-refractivity contribution in [2.75, 3.05) is 6.61 Å². The fraction of sp³-hybridized carbons (Fsp3) is 0.571. The van der Waals surface area contributed by atoms with Crippen molar-refractivity contribution in [1.29, 1.82) is 0 Å². The molecule has 106 valence electrons. The second kappa shape index (κ2) is 6.82. The highest BCUT2D eigenvalue weighted by atomic mass is 19.3. The molecule has 2 rings (SSSR count). The molecule has 2 unspecified atom stereocenters. The van der Waals surface area contributed by atoms with Crippen LogP contribution in [0, 0.1) is 0 Å². The van der Waals surface area contributed by atoms with Gasteiger partial charge in [-0.2, -0.15) is 8.78 Å². The van der Waals surface area contributed by atoms with Crippen LogP contribution in [0.2, 0.25) is 0 Å². The third-order valence-electron chi connectivity index (χ3n) is 3.36. The third kappa shape index (κ3) is 4.44. The third-order valence-corrected chi connectivity index (χ3v) is 3.36. The van der Waals surface area contributed by atoms with Gasteiger partial charge in [0.25, 0.3) is 0 Å². The summed E-state index contributed by atoms with van der Waals surface area (Å²) >= 11 is 0. The maximum Gasteiger partial charge on any atom is 0.387 e. The number of rotatable bonds is 6. The van der Waals surface area contributed by atoms with Crippen LogP contribution in [-0.4, -0.2) is 19.3 Å². The highest BCUT2D eigenvalue weighted by Gasteiger charge is 2.17. The van der Waals surface area contributed by atoms with E-state index in [0.717, 1.165) is 37.9 Å². The fourth-order valence-electron chi connectivity index (χ4n) is 2.30. The van der Waals surface area contributed by atoms with Gasteiger partial charge in [0, 0.05) is 12.6 Å². The van der Waals surface area contributed by atoms with E-state index in [1.54, 1.807) is 12.1 Å². The number of ether oxygens (including phenoxy) is 2. The highest BCUT2D eigenvalue weighted by molar-refractivity contribution is 5.29. The van der Waals surface area contributed by atoms with Crippen molar-refractivity contribution >= 4 is 0 Å². The van der Waals surface area contributed by atoms with Crippen LogP contribution in [-0.2, 0) is 4.74 Å². The largest absolute Gasteiger partial charge is 0.435 e. The van der Waals surface area contributed by atoms with E-state index >= 15 is 0 Å². The number of benzene rings is 1. The van der Waals surface area contributed by atoms with E-state index in [0.29, 0.717) is 6.10 Å². The molecule has 5 heteroatoms. The van der Waals surface area contributed by atoms with Crippen molar-refractivity contribution in [1.82, 2.24) is 0 Å². The van der Waals surface area contributed by atoms with Gasteiger partial charge in [0.05, 0.1) is 6.10 Å². The van der Waals surface area contributed by atoms with Crippen LogP contribution < -0.4 is 10.5 Å². The number of hydrogen-bond acceptors (Lipinski definition) is 3. The summed E-state index contributed by atoms with van der Waals surface area (Å²) in [7, 11) is 0. The van der Waals surface area contributed by atoms with Crippen molar-refractivity contribution in [3.63, 3.8) is 0 Å². The molecule has 2 atom stereocenters. The lowest BCUT2D eigenvalue weighted by atomic mass is 10.00. The monoisotopic (exact) mass is 271 g/mol. The maximum absolute atomic E-state index is 12.0. The van der Waals surface area contributed by atoms with E-state index < -0.39 is 6.61 Å². The van der Waals surface area contributed by atoms with Gasteiger partial charge in [-0.1, -0.05) is 12.1 Å². The lowest BCUT2D eigenvalue weighted by molar-refractivity contribution is -0.0498. The first-order valence-corrected chi connectivity index (χ1v) is 6.57.